The fourth-order valence-electron chi connectivity index (χ4n) is 2.06. The van der Waals surface area contributed by atoms with E-state index in [0.717, 1.165) is 19.5 Å². The summed E-state index contributed by atoms with van der Waals surface area (Å²) in [5, 5.41) is 0. The van der Waals surface area contributed by atoms with Crippen molar-refractivity contribution in [1.29, 1.82) is 0 Å². The standard InChI is InChI=1S/C15H23N/c1-5-9-13-10-11-15(14(6-2)12-13)16(7-3)8-4/h5,9-12H,6-8H2,1-4H3. The van der Waals surface area contributed by atoms with Crippen LogP contribution < -0.4 is 4.90 Å². The summed E-state index contributed by atoms with van der Waals surface area (Å²) in [5.74, 6) is 0. The lowest BCUT2D eigenvalue weighted by Crippen LogP contribution is -2.23. The third kappa shape index (κ3) is 2.88. The van der Waals surface area contributed by atoms with Crippen molar-refractivity contribution in [3.63, 3.8) is 0 Å². The Morgan fingerprint density at radius 3 is 2.31 bits per heavy atom. The van der Waals surface area contributed by atoms with E-state index in [0.29, 0.717) is 0 Å². The van der Waals surface area contributed by atoms with Gasteiger partial charge in [-0.2, -0.15) is 0 Å². The fourth-order valence-corrected chi connectivity index (χ4v) is 2.06. The van der Waals surface area contributed by atoms with Gasteiger partial charge in [-0.3, -0.25) is 0 Å². The number of allylic oxidation sites excluding steroid dienone is 1. The minimum absolute atomic E-state index is 1.08. The number of anilines is 1. The molecule has 0 aromatic heterocycles. The van der Waals surface area contributed by atoms with Gasteiger partial charge in [-0.1, -0.05) is 25.1 Å². The molecule has 16 heavy (non-hydrogen) atoms. The predicted octanol–water partition coefficient (Wildman–Crippen LogP) is 4.13. The van der Waals surface area contributed by atoms with Crippen LogP contribution in [0.15, 0.2) is 24.3 Å². The maximum absolute atomic E-state index is 2.41. The van der Waals surface area contributed by atoms with Gasteiger partial charge in [0, 0.05) is 18.8 Å². The van der Waals surface area contributed by atoms with E-state index in [2.05, 4.69) is 62.9 Å². The molecule has 88 valence electrons. The summed E-state index contributed by atoms with van der Waals surface area (Å²) in [5.41, 5.74) is 4.13. The summed E-state index contributed by atoms with van der Waals surface area (Å²) < 4.78 is 0. The van der Waals surface area contributed by atoms with E-state index >= 15 is 0 Å². The van der Waals surface area contributed by atoms with E-state index in [1.807, 2.05) is 0 Å². The molecule has 1 rings (SSSR count). The van der Waals surface area contributed by atoms with Gasteiger partial charge in [0.15, 0.2) is 0 Å². The molecule has 1 nitrogen and oxygen atoms in total. The van der Waals surface area contributed by atoms with Gasteiger partial charge in [0.2, 0.25) is 0 Å². The monoisotopic (exact) mass is 217 g/mol. The molecule has 0 spiro atoms. The van der Waals surface area contributed by atoms with Gasteiger partial charge in [-0.05, 0) is 50.5 Å². The zero-order chi connectivity index (χ0) is 12.0. The predicted molar refractivity (Wildman–Crippen MR) is 74.1 cm³/mol. The second-order valence-corrected chi connectivity index (χ2v) is 3.91. The first kappa shape index (κ1) is 12.8. The van der Waals surface area contributed by atoms with Gasteiger partial charge < -0.3 is 4.90 Å². The van der Waals surface area contributed by atoms with Gasteiger partial charge in [-0.15, -0.1) is 0 Å². The fraction of sp³-hybridized carbons (Fsp3) is 0.467. The van der Waals surface area contributed by atoms with Crippen LogP contribution in [0.25, 0.3) is 6.08 Å². The topological polar surface area (TPSA) is 3.24 Å². The Hall–Kier alpha value is -1.24. The van der Waals surface area contributed by atoms with Crippen LogP contribution in [0.2, 0.25) is 0 Å². The lowest BCUT2D eigenvalue weighted by atomic mass is 10.0. The van der Waals surface area contributed by atoms with Gasteiger partial charge >= 0.3 is 0 Å². The highest BCUT2D eigenvalue weighted by Crippen LogP contribution is 2.23. The molecule has 0 bridgehead atoms. The van der Waals surface area contributed by atoms with Gasteiger partial charge in [-0.25, -0.2) is 0 Å². The summed E-state index contributed by atoms with van der Waals surface area (Å²) in [6, 6.07) is 6.75. The van der Waals surface area contributed by atoms with Gasteiger partial charge in [0.25, 0.3) is 0 Å². The number of hydrogen-bond donors (Lipinski definition) is 0. The SMILES string of the molecule is CC=Cc1ccc(N(CC)CC)c(CC)c1. The van der Waals surface area contributed by atoms with E-state index in [1.54, 1.807) is 0 Å². The molecule has 0 fully saturated rings. The minimum atomic E-state index is 1.08. The van der Waals surface area contributed by atoms with Crippen LogP contribution in [-0.2, 0) is 6.42 Å². The van der Waals surface area contributed by atoms with Crippen LogP contribution in [0.1, 0.15) is 38.8 Å². The highest BCUT2D eigenvalue weighted by atomic mass is 15.1. The van der Waals surface area contributed by atoms with Crippen molar-refractivity contribution in [3.8, 4) is 0 Å². The second kappa shape index (κ2) is 6.37. The van der Waals surface area contributed by atoms with Crippen LogP contribution in [0.3, 0.4) is 0 Å². The Morgan fingerprint density at radius 2 is 1.81 bits per heavy atom. The number of rotatable bonds is 5. The molecule has 0 heterocycles. The third-order valence-electron chi connectivity index (χ3n) is 2.95. The smallest absolute Gasteiger partial charge is 0.0398 e. The lowest BCUT2D eigenvalue weighted by Gasteiger charge is -2.24. The van der Waals surface area contributed by atoms with Crippen molar-refractivity contribution < 1.29 is 0 Å². The third-order valence-corrected chi connectivity index (χ3v) is 2.95. The van der Waals surface area contributed by atoms with Crippen LogP contribution in [0, 0.1) is 0 Å². The van der Waals surface area contributed by atoms with E-state index in [-0.39, 0.29) is 0 Å². The number of hydrogen-bond acceptors (Lipinski definition) is 1. The highest BCUT2D eigenvalue weighted by molar-refractivity contribution is 5.60. The van der Waals surface area contributed by atoms with E-state index < -0.39 is 0 Å². The normalized spacial score (nSPS) is 11.0. The van der Waals surface area contributed by atoms with Crippen molar-refractivity contribution in [2.75, 3.05) is 18.0 Å². The molecule has 0 saturated heterocycles. The van der Waals surface area contributed by atoms with Gasteiger partial charge in [0.1, 0.15) is 0 Å². The average Bonchev–Trinajstić information content (AvgIpc) is 2.32. The molecule has 1 aromatic rings. The molecule has 1 heteroatoms. The van der Waals surface area contributed by atoms with Crippen LogP contribution in [0.5, 0.6) is 0 Å². The Morgan fingerprint density at radius 1 is 1.12 bits per heavy atom. The molecule has 0 aliphatic heterocycles. The minimum Gasteiger partial charge on any atom is -0.372 e. The van der Waals surface area contributed by atoms with Crippen molar-refractivity contribution in [2.45, 2.75) is 34.1 Å². The van der Waals surface area contributed by atoms with Crippen molar-refractivity contribution >= 4 is 11.8 Å². The van der Waals surface area contributed by atoms with Crippen LogP contribution in [-0.4, -0.2) is 13.1 Å². The maximum atomic E-state index is 2.41. The second-order valence-electron chi connectivity index (χ2n) is 3.91. The highest BCUT2D eigenvalue weighted by Gasteiger charge is 2.06. The van der Waals surface area contributed by atoms with Crippen LogP contribution in [0.4, 0.5) is 5.69 Å². The Kier molecular flexibility index (Phi) is 5.10. The Labute approximate surface area is 99.8 Å². The average molecular weight is 217 g/mol. The Balaban J connectivity index is 3.10. The number of nitrogens with zero attached hydrogens (tertiary/aromatic N) is 1. The maximum Gasteiger partial charge on any atom is 0.0398 e. The summed E-state index contributed by atoms with van der Waals surface area (Å²) in [4.78, 5) is 2.41. The lowest BCUT2D eigenvalue weighted by molar-refractivity contribution is 0.856. The molecular formula is C15H23N. The number of benzene rings is 1. The quantitative estimate of drug-likeness (QED) is 0.717. The Bertz CT molecular complexity index is 348. The summed E-state index contributed by atoms with van der Waals surface area (Å²) in [7, 11) is 0. The van der Waals surface area contributed by atoms with Gasteiger partial charge in [0.05, 0.1) is 0 Å². The molecule has 0 amide bonds. The molecule has 1 aromatic carbocycles. The van der Waals surface area contributed by atoms with E-state index in [4.69, 9.17) is 0 Å². The molecule has 0 atom stereocenters. The first-order chi connectivity index (χ1) is 7.76. The molecule has 0 N–H and O–H groups in total. The van der Waals surface area contributed by atoms with E-state index in [1.165, 1.54) is 16.8 Å². The molecule has 0 radical (unpaired) electrons. The van der Waals surface area contributed by atoms with Crippen molar-refractivity contribution in [3.05, 3.63) is 35.4 Å². The first-order valence-electron chi connectivity index (χ1n) is 6.27. The zero-order valence-corrected chi connectivity index (χ0v) is 11.0. The number of aryl methyl sites for hydroxylation is 1. The van der Waals surface area contributed by atoms with Crippen molar-refractivity contribution in [2.24, 2.45) is 0 Å². The molecule has 0 aliphatic carbocycles. The van der Waals surface area contributed by atoms with Crippen molar-refractivity contribution in [1.82, 2.24) is 0 Å². The molecule has 0 saturated carbocycles. The largest absolute Gasteiger partial charge is 0.372 e. The van der Waals surface area contributed by atoms with Crippen LogP contribution >= 0.6 is 0 Å². The summed E-state index contributed by atoms with van der Waals surface area (Å²) in [6.45, 7) is 10.9. The molecule has 0 unspecified atom stereocenters. The first-order valence-corrected chi connectivity index (χ1v) is 6.27. The molecule has 0 aliphatic rings. The summed E-state index contributed by atoms with van der Waals surface area (Å²) in [6.07, 6.45) is 5.34. The summed E-state index contributed by atoms with van der Waals surface area (Å²) >= 11 is 0. The molecular weight excluding hydrogens is 194 g/mol. The zero-order valence-electron chi connectivity index (χ0n) is 11.0. The van der Waals surface area contributed by atoms with E-state index in [9.17, 15) is 0 Å².